The maximum Gasteiger partial charge on any atom is 0.255 e. The molecule has 9 heteroatoms. The largest absolute Gasteiger partial charge is 0.395 e. The van der Waals surface area contributed by atoms with Gasteiger partial charge >= 0.3 is 0 Å². The van der Waals surface area contributed by atoms with Gasteiger partial charge in [0.25, 0.3) is 5.91 Å². The van der Waals surface area contributed by atoms with Crippen LogP contribution in [0.15, 0.2) is 18.2 Å². The van der Waals surface area contributed by atoms with Crippen molar-refractivity contribution in [1.29, 1.82) is 0 Å². The number of imide groups is 1. The average molecular weight is 470 g/mol. The summed E-state index contributed by atoms with van der Waals surface area (Å²) in [5.74, 6) is -0.0107. The van der Waals surface area contributed by atoms with Gasteiger partial charge in [-0.2, -0.15) is 0 Å². The van der Waals surface area contributed by atoms with Crippen molar-refractivity contribution in [3.63, 3.8) is 0 Å². The van der Waals surface area contributed by atoms with Gasteiger partial charge < -0.3 is 19.8 Å². The number of piperidine rings is 2. The van der Waals surface area contributed by atoms with Gasteiger partial charge in [0.2, 0.25) is 11.8 Å². The number of fused-ring (bicyclic) bond motifs is 1. The molecule has 4 heterocycles. The highest BCUT2D eigenvalue weighted by Gasteiger charge is 2.39. The van der Waals surface area contributed by atoms with E-state index in [0.29, 0.717) is 18.5 Å². The van der Waals surface area contributed by atoms with E-state index >= 15 is 0 Å². The predicted molar refractivity (Wildman–Crippen MR) is 127 cm³/mol. The van der Waals surface area contributed by atoms with Crippen LogP contribution in [0.2, 0.25) is 0 Å². The van der Waals surface area contributed by atoms with E-state index in [9.17, 15) is 14.4 Å². The van der Waals surface area contributed by atoms with Crippen LogP contribution in [-0.4, -0.2) is 103 Å². The molecule has 3 fully saturated rings. The van der Waals surface area contributed by atoms with Gasteiger partial charge in [0, 0.05) is 63.5 Å². The van der Waals surface area contributed by atoms with E-state index in [1.165, 1.54) is 12.8 Å². The average Bonchev–Trinajstić information content (AvgIpc) is 3.16. The van der Waals surface area contributed by atoms with Gasteiger partial charge in [-0.25, -0.2) is 0 Å². The topological polar surface area (TPSA) is 96.4 Å². The number of aliphatic hydroxyl groups excluding tert-OH is 1. The fraction of sp³-hybridized carbons (Fsp3) is 0.640. The molecule has 184 valence electrons. The predicted octanol–water partition coefficient (Wildman–Crippen LogP) is 0.274. The lowest BCUT2D eigenvalue weighted by Crippen LogP contribution is -2.52. The summed E-state index contributed by atoms with van der Waals surface area (Å²) in [5, 5.41) is 11.5. The van der Waals surface area contributed by atoms with Gasteiger partial charge in [-0.3, -0.25) is 24.6 Å². The van der Waals surface area contributed by atoms with E-state index in [4.69, 9.17) is 5.11 Å². The van der Waals surface area contributed by atoms with E-state index in [-0.39, 0.29) is 30.7 Å². The molecule has 3 amide bonds. The number of carbonyl (C=O) groups is 3. The van der Waals surface area contributed by atoms with Crippen LogP contribution in [0.5, 0.6) is 0 Å². The summed E-state index contributed by atoms with van der Waals surface area (Å²) in [6.07, 6.45) is 3.08. The molecule has 34 heavy (non-hydrogen) atoms. The van der Waals surface area contributed by atoms with Crippen LogP contribution in [0.1, 0.15) is 41.6 Å². The molecule has 5 rings (SSSR count). The number of anilines is 1. The van der Waals surface area contributed by atoms with Gasteiger partial charge in [0.1, 0.15) is 6.04 Å². The molecular weight excluding hydrogens is 434 g/mol. The summed E-state index contributed by atoms with van der Waals surface area (Å²) in [6, 6.07) is 5.45. The van der Waals surface area contributed by atoms with E-state index in [2.05, 4.69) is 26.1 Å². The Morgan fingerprint density at radius 3 is 2.41 bits per heavy atom. The first kappa shape index (κ1) is 23.3. The Hall–Kier alpha value is -2.49. The molecule has 4 aliphatic heterocycles. The van der Waals surface area contributed by atoms with E-state index < -0.39 is 6.04 Å². The number of hydrogen-bond donors (Lipinski definition) is 2. The van der Waals surface area contributed by atoms with E-state index in [1.807, 2.05) is 12.1 Å². The SMILES string of the molecule is O=C1CCC(N2Cc3cc(N4CCN(CC5CCN(CCO)CC5)CC4)ccc3C2=O)C(=O)N1. The minimum atomic E-state index is -0.569. The van der Waals surface area contributed by atoms with Crippen molar-refractivity contribution >= 4 is 23.4 Å². The Morgan fingerprint density at radius 1 is 0.941 bits per heavy atom. The zero-order valence-electron chi connectivity index (χ0n) is 19.7. The first-order valence-corrected chi connectivity index (χ1v) is 12.6. The number of piperazine rings is 1. The van der Waals surface area contributed by atoms with Crippen molar-refractivity contribution < 1.29 is 19.5 Å². The highest BCUT2D eigenvalue weighted by molar-refractivity contribution is 6.05. The second-order valence-electron chi connectivity index (χ2n) is 10.0. The number of amides is 3. The molecule has 0 aliphatic carbocycles. The Labute approximate surface area is 200 Å². The van der Waals surface area contributed by atoms with Crippen LogP contribution >= 0.6 is 0 Å². The maximum absolute atomic E-state index is 12.9. The lowest BCUT2D eigenvalue weighted by atomic mass is 9.96. The number of nitrogens with one attached hydrogen (secondary N) is 1. The molecule has 9 nitrogen and oxygen atoms in total. The number of rotatable bonds is 6. The first-order valence-electron chi connectivity index (χ1n) is 12.6. The number of benzene rings is 1. The van der Waals surface area contributed by atoms with E-state index in [0.717, 1.165) is 69.5 Å². The van der Waals surface area contributed by atoms with Crippen LogP contribution in [0.4, 0.5) is 5.69 Å². The Kier molecular flexibility index (Phi) is 6.85. The van der Waals surface area contributed by atoms with Crippen LogP contribution in [0.3, 0.4) is 0 Å². The fourth-order valence-corrected chi connectivity index (χ4v) is 5.85. The summed E-state index contributed by atoms with van der Waals surface area (Å²) in [7, 11) is 0. The third kappa shape index (κ3) is 4.82. The Morgan fingerprint density at radius 2 is 1.71 bits per heavy atom. The van der Waals surface area contributed by atoms with Gasteiger partial charge in [-0.05, 0) is 62.0 Å². The number of aliphatic hydroxyl groups is 1. The number of nitrogens with zero attached hydrogens (tertiary/aromatic N) is 4. The minimum absolute atomic E-state index is 0.120. The third-order valence-electron chi connectivity index (χ3n) is 7.88. The van der Waals surface area contributed by atoms with Crippen molar-refractivity contribution in [2.24, 2.45) is 5.92 Å². The molecule has 3 saturated heterocycles. The molecule has 1 aromatic rings. The number of β-amino-alcohol motifs (C(OH)–C–C–N with tert-alkyl or cyclic N) is 1. The molecule has 0 spiro atoms. The maximum atomic E-state index is 12.9. The van der Waals surface area contributed by atoms with Gasteiger partial charge in [-0.15, -0.1) is 0 Å². The van der Waals surface area contributed by atoms with Crippen molar-refractivity contribution in [3.8, 4) is 0 Å². The molecule has 0 bridgehead atoms. The summed E-state index contributed by atoms with van der Waals surface area (Å²) >= 11 is 0. The summed E-state index contributed by atoms with van der Waals surface area (Å²) in [4.78, 5) is 45.6. The molecular formula is C25H35N5O4. The fourth-order valence-electron chi connectivity index (χ4n) is 5.85. The quantitative estimate of drug-likeness (QED) is 0.578. The minimum Gasteiger partial charge on any atom is -0.395 e. The van der Waals surface area contributed by atoms with Gasteiger partial charge in [-0.1, -0.05) is 0 Å². The normalized spacial score (nSPS) is 25.1. The molecule has 2 N–H and O–H groups in total. The second kappa shape index (κ2) is 10.0. The van der Waals surface area contributed by atoms with Gasteiger partial charge in [0.15, 0.2) is 0 Å². The van der Waals surface area contributed by atoms with Crippen LogP contribution in [0.25, 0.3) is 0 Å². The summed E-state index contributed by atoms with van der Waals surface area (Å²) < 4.78 is 0. The second-order valence-corrected chi connectivity index (χ2v) is 10.0. The summed E-state index contributed by atoms with van der Waals surface area (Å²) in [5.41, 5.74) is 2.76. The Bertz CT molecular complexity index is 937. The van der Waals surface area contributed by atoms with Crippen LogP contribution < -0.4 is 10.2 Å². The van der Waals surface area contributed by atoms with Crippen molar-refractivity contribution in [1.82, 2.24) is 20.0 Å². The first-order chi connectivity index (χ1) is 16.5. The third-order valence-corrected chi connectivity index (χ3v) is 7.88. The molecule has 1 atom stereocenters. The van der Waals surface area contributed by atoms with Crippen LogP contribution in [0, 0.1) is 5.92 Å². The Balaban J connectivity index is 1.14. The van der Waals surface area contributed by atoms with Crippen molar-refractivity contribution in [2.75, 3.05) is 63.9 Å². The number of carbonyl (C=O) groups excluding carboxylic acids is 3. The molecule has 4 aliphatic rings. The standard InChI is InChI=1S/C25H35N5O4/c31-14-13-27-7-5-18(6-8-27)16-28-9-11-29(12-10-28)20-1-2-21-19(15-20)17-30(25(21)34)22-3-4-23(32)26-24(22)33/h1-2,15,18,22,31H,3-14,16-17H2,(H,26,32,33). The van der Waals surface area contributed by atoms with Crippen molar-refractivity contribution in [2.45, 2.75) is 38.3 Å². The molecule has 0 aromatic heterocycles. The molecule has 1 unspecified atom stereocenters. The molecule has 0 radical (unpaired) electrons. The lowest BCUT2D eigenvalue weighted by Gasteiger charge is -2.39. The molecule has 0 saturated carbocycles. The number of likely N-dealkylation sites (tertiary alicyclic amines) is 1. The highest BCUT2D eigenvalue weighted by atomic mass is 16.3. The zero-order chi connectivity index (χ0) is 23.7. The van der Waals surface area contributed by atoms with Gasteiger partial charge in [0.05, 0.1) is 6.61 Å². The lowest BCUT2D eigenvalue weighted by molar-refractivity contribution is -0.136. The van der Waals surface area contributed by atoms with Crippen LogP contribution in [-0.2, 0) is 16.1 Å². The smallest absolute Gasteiger partial charge is 0.255 e. The monoisotopic (exact) mass is 469 g/mol. The molecule has 1 aromatic carbocycles. The zero-order valence-corrected chi connectivity index (χ0v) is 19.7. The van der Waals surface area contributed by atoms with E-state index in [1.54, 1.807) is 4.90 Å². The summed E-state index contributed by atoms with van der Waals surface area (Å²) in [6.45, 7) is 8.80. The highest BCUT2D eigenvalue weighted by Crippen LogP contribution is 2.31. The van der Waals surface area contributed by atoms with Crippen molar-refractivity contribution in [3.05, 3.63) is 29.3 Å². The number of hydrogen-bond acceptors (Lipinski definition) is 7.